The van der Waals surface area contributed by atoms with Crippen LogP contribution in [0.3, 0.4) is 0 Å². The van der Waals surface area contributed by atoms with Crippen molar-refractivity contribution in [3.8, 4) is 0 Å². The number of hydrogen-bond acceptors (Lipinski definition) is 8. The standard InChI is InChI=1S/C32H38O7S3/c1-22-9-8-10-27-28(22)40-21-32(29(27)33,19-38-41(34,35)25-15-11-23(12-16-25)30(2,3)4)20-39-42(36,37)26-17-13-24(14-18-26)31(5,6)7/h8-18H,19-21H2,1-7H3. The summed E-state index contributed by atoms with van der Waals surface area (Å²) in [5, 5.41) is 0. The monoisotopic (exact) mass is 630 g/mol. The van der Waals surface area contributed by atoms with E-state index < -0.39 is 44.6 Å². The molecule has 0 bridgehead atoms. The van der Waals surface area contributed by atoms with Gasteiger partial charge < -0.3 is 0 Å². The summed E-state index contributed by atoms with van der Waals surface area (Å²) in [5.41, 5.74) is 1.30. The molecule has 1 aliphatic rings. The number of Topliss-reactive ketones (excluding diaryl/α,β-unsaturated/α-hetero) is 1. The molecule has 0 amide bonds. The maximum atomic E-state index is 13.9. The molecular formula is C32H38O7S3. The van der Waals surface area contributed by atoms with Crippen molar-refractivity contribution >= 4 is 37.8 Å². The zero-order chi connectivity index (χ0) is 31.1. The van der Waals surface area contributed by atoms with Crippen LogP contribution in [-0.4, -0.2) is 41.6 Å². The summed E-state index contributed by atoms with van der Waals surface area (Å²) in [4.78, 5) is 14.6. The van der Waals surface area contributed by atoms with Gasteiger partial charge in [0.15, 0.2) is 5.78 Å². The van der Waals surface area contributed by atoms with Crippen molar-refractivity contribution < 1.29 is 30.0 Å². The molecule has 42 heavy (non-hydrogen) atoms. The van der Waals surface area contributed by atoms with E-state index >= 15 is 0 Å². The lowest BCUT2D eigenvalue weighted by Crippen LogP contribution is -2.46. The van der Waals surface area contributed by atoms with Crippen LogP contribution in [0.25, 0.3) is 0 Å². The van der Waals surface area contributed by atoms with Gasteiger partial charge in [-0.1, -0.05) is 84.0 Å². The van der Waals surface area contributed by atoms with Crippen molar-refractivity contribution in [2.75, 3.05) is 19.0 Å². The van der Waals surface area contributed by atoms with Gasteiger partial charge in [0, 0.05) is 16.2 Å². The molecule has 0 radical (unpaired) electrons. The molecule has 1 heterocycles. The molecule has 0 N–H and O–H groups in total. The second-order valence-electron chi connectivity index (χ2n) is 12.8. The maximum Gasteiger partial charge on any atom is 0.297 e. The van der Waals surface area contributed by atoms with Gasteiger partial charge in [-0.3, -0.25) is 13.2 Å². The lowest BCUT2D eigenvalue weighted by atomic mass is 9.82. The number of hydrogen-bond donors (Lipinski definition) is 0. The van der Waals surface area contributed by atoms with Gasteiger partial charge in [0.1, 0.15) is 0 Å². The Morgan fingerprint density at radius 1 is 0.714 bits per heavy atom. The van der Waals surface area contributed by atoms with Crippen LogP contribution in [0.2, 0.25) is 0 Å². The van der Waals surface area contributed by atoms with Gasteiger partial charge in [-0.05, 0) is 58.7 Å². The zero-order valence-corrected chi connectivity index (χ0v) is 27.5. The largest absolute Gasteiger partial charge is 0.297 e. The molecule has 3 aromatic rings. The number of fused-ring (bicyclic) bond motifs is 1. The van der Waals surface area contributed by atoms with Crippen LogP contribution in [0.5, 0.6) is 0 Å². The van der Waals surface area contributed by atoms with Crippen LogP contribution in [0.4, 0.5) is 0 Å². The lowest BCUT2D eigenvalue weighted by Gasteiger charge is -2.35. The van der Waals surface area contributed by atoms with Gasteiger partial charge in [-0.2, -0.15) is 16.8 Å². The number of carbonyl (C=O) groups excluding carboxylic acids is 1. The average molecular weight is 631 g/mol. The fourth-order valence-electron chi connectivity index (χ4n) is 4.60. The molecule has 7 nitrogen and oxygen atoms in total. The minimum Gasteiger partial charge on any atom is -0.293 e. The summed E-state index contributed by atoms with van der Waals surface area (Å²) in [6.45, 7) is 12.9. The van der Waals surface area contributed by atoms with Gasteiger partial charge in [0.25, 0.3) is 20.2 Å². The first-order valence-electron chi connectivity index (χ1n) is 13.6. The fourth-order valence-corrected chi connectivity index (χ4v) is 7.90. The quantitative estimate of drug-likeness (QED) is 0.254. The number of aryl methyl sites for hydroxylation is 1. The van der Waals surface area contributed by atoms with E-state index in [1.165, 1.54) is 36.0 Å². The topological polar surface area (TPSA) is 104 Å². The normalized spacial score (nSPS) is 15.8. The third-order valence-electron chi connectivity index (χ3n) is 7.43. The van der Waals surface area contributed by atoms with Crippen LogP contribution in [0.1, 0.15) is 68.6 Å². The van der Waals surface area contributed by atoms with Gasteiger partial charge >= 0.3 is 0 Å². The fraction of sp³-hybridized carbons (Fsp3) is 0.406. The Morgan fingerprint density at radius 3 is 1.55 bits per heavy atom. The SMILES string of the molecule is Cc1cccc2c1SCC(COS(=O)(=O)c1ccc(C(C)(C)C)cc1)(COS(=O)(=O)c1ccc(C(C)(C)C)cc1)C2=O. The van der Waals surface area contributed by atoms with Gasteiger partial charge in [-0.25, -0.2) is 0 Å². The highest BCUT2D eigenvalue weighted by Crippen LogP contribution is 2.43. The summed E-state index contributed by atoms with van der Waals surface area (Å²) >= 11 is 1.36. The van der Waals surface area contributed by atoms with E-state index in [-0.39, 0.29) is 26.4 Å². The van der Waals surface area contributed by atoms with Crippen molar-refractivity contribution in [1.82, 2.24) is 0 Å². The second-order valence-corrected chi connectivity index (χ2v) is 17.0. The summed E-state index contributed by atoms with van der Waals surface area (Å²) in [7, 11) is -8.52. The van der Waals surface area contributed by atoms with E-state index in [1.54, 1.807) is 36.4 Å². The Bertz CT molecular complexity index is 1590. The van der Waals surface area contributed by atoms with Crippen LogP contribution >= 0.6 is 11.8 Å². The summed E-state index contributed by atoms with van der Waals surface area (Å²) in [6, 6.07) is 18.1. The third-order valence-corrected chi connectivity index (χ3v) is 11.5. The molecule has 0 saturated heterocycles. The van der Waals surface area contributed by atoms with E-state index in [2.05, 4.69) is 0 Å². The van der Waals surface area contributed by atoms with E-state index in [0.717, 1.165) is 21.6 Å². The number of ketones is 1. The minimum atomic E-state index is -4.26. The molecule has 10 heteroatoms. The van der Waals surface area contributed by atoms with E-state index in [9.17, 15) is 21.6 Å². The molecule has 1 aliphatic heterocycles. The summed E-state index contributed by atoms with van der Waals surface area (Å²) in [5.74, 6) is -0.336. The van der Waals surface area contributed by atoms with Crippen LogP contribution in [0.15, 0.2) is 81.4 Å². The van der Waals surface area contributed by atoms with Crippen LogP contribution < -0.4 is 0 Å². The third kappa shape index (κ3) is 6.83. The first-order chi connectivity index (χ1) is 19.4. The summed E-state index contributed by atoms with van der Waals surface area (Å²) in [6.07, 6.45) is 0. The van der Waals surface area contributed by atoms with E-state index in [4.69, 9.17) is 8.37 Å². The molecule has 0 saturated carbocycles. The average Bonchev–Trinajstić information content (AvgIpc) is 2.92. The van der Waals surface area contributed by atoms with Crippen molar-refractivity contribution in [3.05, 3.63) is 89.0 Å². The Balaban J connectivity index is 1.63. The molecule has 4 rings (SSSR count). The predicted molar refractivity (Wildman–Crippen MR) is 165 cm³/mol. The van der Waals surface area contributed by atoms with Crippen molar-refractivity contribution in [2.24, 2.45) is 5.41 Å². The molecule has 226 valence electrons. The summed E-state index contributed by atoms with van der Waals surface area (Å²) < 4.78 is 63.9. The van der Waals surface area contributed by atoms with Crippen molar-refractivity contribution in [2.45, 2.75) is 74.0 Å². The first-order valence-corrected chi connectivity index (χ1v) is 17.4. The minimum absolute atomic E-state index is 0.0507. The highest BCUT2D eigenvalue weighted by molar-refractivity contribution is 7.99. The van der Waals surface area contributed by atoms with E-state index in [0.29, 0.717) is 5.56 Å². The molecule has 0 aromatic heterocycles. The maximum absolute atomic E-state index is 13.9. The smallest absolute Gasteiger partial charge is 0.293 e. The Morgan fingerprint density at radius 2 is 1.14 bits per heavy atom. The Hall–Kier alpha value is -2.50. The van der Waals surface area contributed by atoms with Gasteiger partial charge in [-0.15, -0.1) is 11.8 Å². The molecule has 0 spiro atoms. The van der Waals surface area contributed by atoms with Gasteiger partial charge in [0.05, 0.1) is 28.4 Å². The molecule has 0 atom stereocenters. The number of benzene rings is 3. The molecule has 0 fully saturated rings. The second kappa shape index (κ2) is 11.5. The Labute approximate surface area is 254 Å². The molecule has 0 aliphatic carbocycles. The highest BCUT2D eigenvalue weighted by Gasteiger charge is 2.46. The Kier molecular flexibility index (Phi) is 8.90. The number of carbonyl (C=O) groups is 1. The number of thioether (sulfide) groups is 1. The van der Waals surface area contributed by atoms with Crippen molar-refractivity contribution in [1.29, 1.82) is 0 Å². The molecule has 3 aromatic carbocycles. The number of rotatable bonds is 8. The highest BCUT2D eigenvalue weighted by atomic mass is 32.2. The van der Waals surface area contributed by atoms with E-state index in [1.807, 2.05) is 54.5 Å². The first kappa shape index (κ1) is 32.4. The zero-order valence-electron chi connectivity index (χ0n) is 25.1. The van der Waals surface area contributed by atoms with Crippen molar-refractivity contribution in [3.63, 3.8) is 0 Å². The molecular weight excluding hydrogens is 593 g/mol. The van der Waals surface area contributed by atoms with Crippen LogP contribution in [-0.2, 0) is 39.4 Å². The molecule has 0 unspecified atom stereocenters. The van der Waals surface area contributed by atoms with Gasteiger partial charge in [0.2, 0.25) is 0 Å². The van der Waals surface area contributed by atoms with Crippen LogP contribution in [0, 0.1) is 12.3 Å². The lowest BCUT2D eigenvalue weighted by molar-refractivity contribution is 0.0594. The predicted octanol–water partition coefficient (Wildman–Crippen LogP) is 6.68.